The summed E-state index contributed by atoms with van der Waals surface area (Å²) in [7, 11) is -3.72. The first-order valence-electron chi connectivity index (χ1n) is 12.8. The summed E-state index contributed by atoms with van der Waals surface area (Å²) in [5.41, 5.74) is 3.64. The normalized spacial score (nSPS) is 18.2. The first kappa shape index (κ1) is 26.7. The molecule has 9 nitrogen and oxygen atoms in total. The van der Waals surface area contributed by atoms with Crippen molar-refractivity contribution in [1.29, 1.82) is 0 Å². The number of hydrogen-bond acceptors (Lipinski definition) is 7. The molecule has 1 amide bonds. The van der Waals surface area contributed by atoms with Crippen LogP contribution >= 0.6 is 0 Å². The highest BCUT2D eigenvalue weighted by Gasteiger charge is 2.34. The number of carbonyl (C=O) groups excluding carboxylic acids is 1. The van der Waals surface area contributed by atoms with Crippen LogP contribution in [0.25, 0.3) is 33.7 Å². The van der Waals surface area contributed by atoms with Gasteiger partial charge in [0.05, 0.1) is 21.5 Å². The molecule has 5 rings (SSSR count). The van der Waals surface area contributed by atoms with Gasteiger partial charge in [0.2, 0.25) is 21.8 Å². The Kier molecular flexibility index (Phi) is 7.11. The van der Waals surface area contributed by atoms with Gasteiger partial charge in [0, 0.05) is 41.6 Å². The van der Waals surface area contributed by atoms with Crippen molar-refractivity contribution >= 4 is 27.0 Å². The van der Waals surface area contributed by atoms with Crippen molar-refractivity contribution < 1.29 is 22.3 Å². The maximum Gasteiger partial charge on any atom is 0.239 e. The molecule has 0 radical (unpaired) electrons. The Morgan fingerprint density at radius 2 is 1.72 bits per heavy atom. The van der Waals surface area contributed by atoms with Gasteiger partial charge in [0.1, 0.15) is 17.7 Å². The number of pyridine rings is 2. The van der Waals surface area contributed by atoms with Crippen molar-refractivity contribution in [2.45, 2.75) is 57.3 Å². The molecule has 0 spiro atoms. The average Bonchev–Trinajstić information content (AvgIpc) is 3.32. The summed E-state index contributed by atoms with van der Waals surface area (Å²) in [5, 5.41) is 0. The lowest BCUT2D eigenvalue weighted by Gasteiger charge is -2.29. The zero-order valence-electron chi connectivity index (χ0n) is 21.9. The van der Waals surface area contributed by atoms with Gasteiger partial charge in [-0.25, -0.2) is 22.8 Å². The Labute approximate surface area is 226 Å². The molecule has 1 aliphatic rings. The van der Waals surface area contributed by atoms with Gasteiger partial charge in [-0.05, 0) is 76.8 Å². The SMILES string of the molecule is CC(C)(C)S(=O)(=O)NC(=O)[C@H]1CC[C@@H](Oc2ccc(-c3ccc(-c4nc5cc(F)ccc5[nH]4)cn3)cn2)CC1. The molecule has 1 aromatic carbocycles. The third-order valence-electron chi connectivity index (χ3n) is 6.89. The van der Waals surface area contributed by atoms with Gasteiger partial charge in [0.15, 0.2) is 0 Å². The fourth-order valence-corrected chi connectivity index (χ4v) is 5.14. The van der Waals surface area contributed by atoms with Crippen molar-refractivity contribution in [1.82, 2.24) is 24.7 Å². The maximum absolute atomic E-state index is 13.5. The predicted octanol–water partition coefficient (Wildman–Crippen LogP) is 5.01. The van der Waals surface area contributed by atoms with Crippen LogP contribution < -0.4 is 9.46 Å². The third kappa shape index (κ3) is 5.93. The van der Waals surface area contributed by atoms with Crippen molar-refractivity contribution in [2.24, 2.45) is 5.92 Å². The topological polar surface area (TPSA) is 127 Å². The highest BCUT2D eigenvalue weighted by atomic mass is 32.2. The molecular weight excluding hydrogens is 521 g/mol. The number of fused-ring (bicyclic) bond motifs is 1. The first-order valence-corrected chi connectivity index (χ1v) is 14.3. The van der Waals surface area contributed by atoms with Crippen LogP contribution in [-0.2, 0) is 14.8 Å². The minimum absolute atomic E-state index is 0.0960. The zero-order chi connectivity index (χ0) is 27.8. The molecule has 3 heterocycles. The van der Waals surface area contributed by atoms with Gasteiger partial charge in [-0.2, -0.15) is 0 Å². The predicted molar refractivity (Wildman–Crippen MR) is 146 cm³/mol. The fraction of sp³-hybridized carbons (Fsp3) is 0.357. The van der Waals surface area contributed by atoms with Crippen LogP contribution in [0.5, 0.6) is 5.88 Å². The van der Waals surface area contributed by atoms with E-state index >= 15 is 0 Å². The highest BCUT2D eigenvalue weighted by Crippen LogP contribution is 2.29. The summed E-state index contributed by atoms with van der Waals surface area (Å²) in [6.45, 7) is 4.68. The lowest BCUT2D eigenvalue weighted by molar-refractivity contribution is -0.124. The van der Waals surface area contributed by atoms with E-state index in [1.807, 2.05) is 18.2 Å². The van der Waals surface area contributed by atoms with E-state index in [0.29, 0.717) is 42.9 Å². The van der Waals surface area contributed by atoms with Crippen molar-refractivity contribution in [3.63, 3.8) is 0 Å². The molecule has 4 aromatic rings. The molecule has 0 unspecified atom stereocenters. The van der Waals surface area contributed by atoms with Crippen LogP contribution in [-0.4, -0.2) is 45.1 Å². The second-order valence-electron chi connectivity index (χ2n) is 10.7. The number of aromatic amines is 1. The van der Waals surface area contributed by atoms with E-state index in [2.05, 4.69) is 24.7 Å². The first-order chi connectivity index (χ1) is 18.5. The quantitative estimate of drug-likeness (QED) is 0.345. The van der Waals surface area contributed by atoms with Crippen LogP contribution in [0.15, 0.2) is 54.9 Å². The number of aromatic nitrogens is 4. The minimum Gasteiger partial charge on any atom is -0.474 e. The molecule has 0 saturated heterocycles. The molecule has 1 saturated carbocycles. The molecular formula is C28H30FN5O4S. The summed E-state index contributed by atoms with van der Waals surface area (Å²) in [6, 6.07) is 11.9. The van der Waals surface area contributed by atoms with E-state index in [9.17, 15) is 17.6 Å². The lowest BCUT2D eigenvalue weighted by atomic mass is 9.87. The average molecular weight is 552 g/mol. The Hall–Kier alpha value is -3.86. The number of benzene rings is 1. The summed E-state index contributed by atoms with van der Waals surface area (Å²) in [6.07, 6.45) is 5.66. The second-order valence-corrected chi connectivity index (χ2v) is 13.2. The summed E-state index contributed by atoms with van der Waals surface area (Å²) in [4.78, 5) is 29.0. The van der Waals surface area contributed by atoms with E-state index in [4.69, 9.17) is 4.74 Å². The zero-order valence-corrected chi connectivity index (χ0v) is 22.8. The number of ether oxygens (including phenoxy) is 1. The van der Waals surface area contributed by atoms with Gasteiger partial charge < -0.3 is 9.72 Å². The van der Waals surface area contributed by atoms with Crippen molar-refractivity contribution in [2.75, 3.05) is 0 Å². The number of sulfonamides is 1. The van der Waals surface area contributed by atoms with Gasteiger partial charge >= 0.3 is 0 Å². The van der Waals surface area contributed by atoms with Crippen molar-refractivity contribution in [3.05, 3.63) is 60.7 Å². The van der Waals surface area contributed by atoms with Gasteiger partial charge in [-0.15, -0.1) is 0 Å². The summed E-state index contributed by atoms with van der Waals surface area (Å²) >= 11 is 0. The lowest BCUT2D eigenvalue weighted by Crippen LogP contribution is -2.45. The highest BCUT2D eigenvalue weighted by molar-refractivity contribution is 7.91. The van der Waals surface area contributed by atoms with E-state index in [0.717, 1.165) is 22.3 Å². The Morgan fingerprint density at radius 1 is 1.00 bits per heavy atom. The number of nitrogens with zero attached hydrogens (tertiary/aromatic N) is 3. The van der Waals surface area contributed by atoms with Crippen LogP contribution in [0.4, 0.5) is 4.39 Å². The molecule has 1 fully saturated rings. The number of rotatable bonds is 6. The van der Waals surface area contributed by atoms with E-state index in [-0.39, 0.29) is 17.8 Å². The molecule has 3 aromatic heterocycles. The fourth-order valence-electron chi connectivity index (χ4n) is 4.40. The van der Waals surface area contributed by atoms with Crippen LogP contribution in [0, 0.1) is 11.7 Å². The smallest absolute Gasteiger partial charge is 0.239 e. The molecule has 1 aliphatic carbocycles. The molecule has 0 bridgehead atoms. The van der Waals surface area contributed by atoms with Gasteiger partial charge in [-0.3, -0.25) is 14.5 Å². The monoisotopic (exact) mass is 551 g/mol. The number of H-pyrrole nitrogens is 1. The van der Waals surface area contributed by atoms with E-state index < -0.39 is 20.7 Å². The largest absolute Gasteiger partial charge is 0.474 e. The Bertz CT molecular complexity index is 1590. The number of nitrogens with one attached hydrogen (secondary N) is 2. The van der Waals surface area contributed by atoms with E-state index in [1.54, 1.807) is 45.3 Å². The van der Waals surface area contributed by atoms with Crippen molar-refractivity contribution in [3.8, 4) is 28.5 Å². The number of hydrogen-bond donors (Lipinski definition) is 2. The van der Waals surface area contributed by atoms with Crippen LogP contribution in [0.1, 0.15) is 46.5 Å². The molecule has 2 N–H and O–H groups in total. The summed E-state index contributed by atoms with van der Waals surface area (Å²) in [5.74, 6) is -0.0448. The minimum atomic E-state index is -3.72. The standard InChI is InChI=1S/C28H30FN5O4S/c1-28(2,3)39(36,37)34-27(35)17-4-9-21(10-5-17)38-25-13-7-18(15-31-25)22-11-6-19(16-30-22)26-32-23-12-8-20(29)14-24(23)33-26/h6-8,11-17,21H,4-5,9-10H2,1-3H3,(H,32,33)(H,34,35)/t17-,21+. The second kappa shape index (κ2) is 10.4. The Morgan fingerprint density at radius 3 is 2.36 bits per heavy atom. The molecule has 204 valence electrons. The number of imidazole rings is 1. The Balaban J connectivity index is 1.16. The van der Waals surface area contributed by atoms with Gasteiger partial charge in [-0.1, -0.05) is 0 Å². The van der Waals surface area contributed by atoms with E-state index in [1.165, 1.54) is 12.1 Å². The molecule has 11 heteroatoms. The summed E-state index contributed by atoms with van der Waals surface area (Å²) < 4.78 is 45.2. The third-order valence-corrected chi connectivity index (χ3v) is 8.97. The number of amides is 1. The number of carbonyl (C=O) groups is 1. The van der Waals surface area contributed by atoms with Gasteiger partial charge in [0.25, 0.3) is 0 Å². The molecule has 0 atom stereocenters. The van der Waals surface area contributed by atoms with Crippen LogP contribution in [0.2, 0.25) is 0 Å². The number of halogens is 1. The van der Waals surface area contributed by atoms with Crippen LogP contribution in [0.3, 0.4) is 0 Å². The molecule has 39 heavy (non-hydrogen) atoms. The maximum atomic E-state index is 13.5. The molecule has 0 aliphatic heterocycles.